The number of fused-ring (bicyclic) bond motifs is 1. The van der Waals surface area contributed by atoms with E-state index in [9.17, 15) is 48.9 Å². The van der Waals surface area contributed by atoms with Crippen molar-refractivity contribution in [1.29, 1.82) is 0 Å². The predicted molar refractivity (Wildman–Crippen MR) is 238 cm³/mol. The number of carboxylic acid groups (broad SMARTS) is 1. The number of para-hydroxylation sites is 1. The normalized spacial score (nSPS) is 17.7. The Labute approximate surface area is 372 Å². The highest BCUT2D eigenvalue weighted by Crippen LogP contribution is 2.30. The van der Waals surface area contributed by atoms with Crippen LogP contribution in [0, 0.1) is 0 Å². The number of aromatic nitrogens is 3. The van der Waals surface area contributed by atoms with Gasteiger partial charge in [-0.25, -0.2) is 14.4 Å². The number of carboxylic acids is 1. The lowest BCUT2D eigenvalue weighted by atomic mass is 10.0. The van der Waals surface area contributed by atoms with E-state index in [1.165, 1.54) is 29.8 Å². The zero-order chi connectivity index (χ0) is 46.5. The number of carbonyl (C=O) groups excluding carboxylic acids is 4. The number of benzene rings is 2. The lowest BCUT2D eigenvalue weighted by Gasteiger charge is -2.35. The number of phenolic OH excluding ortho intramolecular Hbond substituents is 1. The quantitative estimate of drug-likeness (QED) is 0.0560. The number of likely N-dealkylation sites (N-methyl/N-ethyl adjacent to an activating group) is 1. The average Bonchev–Trinajstić information content (AvgIpc) is 3.85. The number of rotatable bonds is 21. The van der Waals surface area contributed by atoms with Crippen molar-refractivity contribution >= 4 is 52.4 Å². The number of hydrogen-bond donors (Lipinski definition) is 10. The van der Waals surface area contributed by atoms with Gasteiger partial charge in [0.2, 0.25) is 23.9 Å². The monoisotopic (exact) mass is 905 g/mol. The Balaban J connectivity index is 1.37. The van der Waals surface area contributed by atoms with Crippen molar-refractivity contribution in [3.8, 4) is 5.75 Å². The Morgan fingerprint density at radius 1 is 1.00 bits per heavy atom. The first-order valence-corrected chi connectivity index (χ1v) is 22.1. The highest BCUT2D eigenvalue weighted by atomic mass is 32.2. The summed E-state index contributed by atoms with van der Waals surface area (Å²) in [6, 6.07) is 7.95. The maximum Gasteiger partial charge on any atom is 0.331 e. The molecule has 1 saturated heterocycles. The zero-order valence-corrected chi connectivity index (χ0v) is 36.6. The van der Waals surface area contributed by atoms with E-state index in [1.54, 1.807) is 37.6 Å². The van der Waals surface area contributed by atoms with E-state index >= 15 is 0 Å². The van der Waals surface area contributed by atoms with Gasteiger partial charge < -0.3 is 56.5 Å². The van der Waals surface area contributed by atoms with Crippen LogP contribution < -0.4 is 37.8 Å². The Morgan fingerprint density at radius 3 is 2.45 bits per heavy atom. The van der Waals surface area contributed by atoms with Gasteiger partial charge in [-0.05, 0) is 74.1 Å². The molecule has 1 aliphatic heterocycles. The third kappa shape index (κ3) is 12.8. The molecule has 5 unspecified atom stereocenters. The number of nitrogens with one attached hydrogen (secondary N) is 7. The molecule has 20 nitrogen and oxygen atoms in total. The largest absolute Gasteiger partial charge is 0.508 e. The molecule has 5 rings (SSSR count). The molecule has 21 heteroatoms. The number of aliphatic carboxylic acids is 1. The molecule has 2 aromatic heterocycles. The van der Waals surface area contributed by atoms with E-state index in [4.69, 9.17) is 4.74 Å². The van der Waals surface area contributed by atoms with Gasteiger partial charge in [0.05, 0.1) is 12.1 Å². The highest BCUT2D eigenvalue weighted by Gasteiger charge is 2.37. The van der Waals surface area contributed by atoms with Gasteiger partial charge in [-0.3, -0.25) is 28.7 Å². The highest BCUT2D eigenvalue weighted by molar-refractivity contribution is 7.98. The number of aliphatic hydroxyl groups is 1. The molecule has 344 valence electrons. The maximum atomic E-state index is 14.2. The molecule has 0 saturated carbocycles. The van der Waals surface area contributed by atoms with E-state index in [0.29, 0.717) is 29.8 Å². The number of amides is 5. The van der Waals surface area contributed by atoms with Crippen molar-refractivity contribution in [3.63, 3.8) is 0 Å². The number of ether oxygens (including phenoxy) is 1. The number of aliphatic hydroxyl groups excluding tert-OH is 1. The number of carbonyl (C=O) groups is 5. The van der Waals surface area contributed by atoms with Crippen molar-refractivity contribution in [2.24, 2.45) is 0 Å². The van der Waals surface area contributed by atoms with Gasteiger partial charge in [0.1, 0.15) is 35.7 Å². The number of H-pyrrole nitrogens is 2. The van der Waals surface area contributed by atoms with Gasteiger partial charge in [0, 0.05) is 55.5 Å². The second-order valence-electron chi connectivity index (χ2n) is 15.4. The van der Waals surface area contributed by atoms with E-state index in [-0.39, 0.29) is 37.2 Å². The van der Waals surface area contributed by atoms with Gasteiger partial charge in [-0.15, -0.1) is 0 Å². The Morgan fingerprint density at radius 2 is 1.75 bits per heavy atom. The van der Waals surface area contributed by atoms with E-state index < -0.39 is 83.5 Å². The van der Waals surface area contributed by atoms with Crippen LogP contribution in [0.4, 0.5) is 4.79 Å². The molecule has 0 radical (unpaired) electrons. The summed E-state index contributed by atoms with van der Waals surface area (Å²) in [6.45, 7) is 3.95. The second kappa shape index (κ2) is 22.7. The molecular weight excluding hydrogens is 851 g/mol. The van der Waals surface area contributed by atoms with Crippen LogP contribution in [0.1, 0.15) is 50.5 Å². The molecule has 4 aromatic rings. The molecule has 0 aliphatic carbocycles. The topological polar surface area (TPSA) is 289 Å². The summed E-state index contributed by atoms with van der Waals surface area (Å²) >= 11 is 1.39. The number of aromatic amines is 2. The molecule has 2 aromatic carbocycles. The summed E-state index contributed by atoms with van der Waals surface area (Å²) in [5.74, 6) is -2.90. The average molecular weight is 906 g/mol. The van der Waals surface area contributed by atoms with Crippen molar-refractivity contribution in [1.82, 2.24) is 46.0 Å². The van der Waals surface area contributed by atoms with Crippen LogP contribution in [-0.4, -0.2) is 126 Å². The predicted octanol–water partition coefficient (Wildman–Crippen LogP) is 1.02. The Kier molecular flexibility index (Phi) is 17.2. The molecule has 10 N–H and O–H groups in total. The van der Waals surface area contributed by atoms with Crippen LogP contribution in [-0.2, 0) is 36.8 Å². The number of nitrogens with zero attached hydrogens (tertiary/aromatic N) is 2. The number of hydrogen-bond acceptors (Lipinski definition) is 12. The molecule has 7 atom stereocenters. The van der Waals surface area contributed by atoms with Crippen LogP contribution in [0.25, 0.3) is 10.9 Å². The molecular formula is C43H55N9O11S. The molecule has 0 bridgehead atoms. The second-order valence-corrected chi connectivity index (χ2v) is 16.4. The minimum atomic E-state index is -1.48. The van der Waals surface area contributed by atoms with Crippen LogP contribution in [0.2, 0.25) is 0 Å². The van der Waals surface area contributed by atoms with Gasteiger partial charge in [-0.2, -0.15) is 11.8 Å². The smallest absolute Gasteiger partial charge is 0.331 e. The minimum Gasteiger partial charge on any atom is -0.508 e. The van der Waals surface area contributed by atoms with Crippen LogP contribution >= 0.6 is 11.8 Å². The molecule has 1 fully saturated rings. The molecule has 3 heterocycles. The fourth-order valence-electron chi connectivity index (χ4n) is 7.19. The fourth-order valence-corrected chi connectivity index (χ4v) is 7.66. The first kappa shape index (κ1) is 48.5. The lowest BCUT2D eigenvalue weighted by molar-refractivity contribution is -0.139. The number of thioether (sulfide) groups is 1. The van der Waals surface area contributed by atoms with E-state index in [1.807, 2.05) is 31.2 Å². The summed E-state index contributed by atoms with van der Waals surface area (Å²) in [5, 5.41) is 45.2. The summed E-state index contributed by atoms with van der Waals surface area (Å²) in [4.78, 5) is 98.9. The molecule has 0 spiro atoms. The van der Waals surface area contributed by atoms with Crippen molar-refractivity contribution in [3.05, 3.63) is 111 Å². The number of aromatic hydroxyl groups is 1. The van der Waals surface area contributed by atoms with Crippen LogP contribution in [0.3, 0.4) is 0 Å². The van der Waals surface area contributed by atoms with Gasteiger partial charge in [-0.1, -0.05) is 37.3 Å². The first-order chi connectivity index (χ1) is 30.6. The lowest BCUT2D eigenvalue weighted by Crippen LogP contribution is -2.62. The molecule has 1 aliphatic rings. The summed E-state index contributed by atoms with van der Waals surface area (Å²) in [7, 11) is 1.47. The fraction of sp³-hybridized carbons (Fsp3) is 0.419. The van der Waals surface area contributed by atoms with E-state index in [0.717, 1.165) is 33.9 Å². The maximum absolute atomic E-state index is 14.2. The van der Waals surface area contributed by atoms with Crippen LogP contribution in [0.15, 0.2) is 88.5 Å². The Bertz CT molecular complexity index is 2440. The number of urea groups is 1. The van der Waals surface area contributed by atoms with Crippen LogP contribution in [0.5, 0.6) is 5.75 Å². The standard InChI is InChI=1S/C43H55N9O11S/c1-5-15-44-32(19-25-9-8-10-27(53)18-25)39(58)51(3)24(2)36(38(57)46-23-28-21-34(54)40(63-28)52-16-13-35(55)49-43(52)62)50-37(56)31(14-17-64-4)47-42(61)48-33(41(59)60)20-26-22-45-30-12-7-6-11-29(26)30/h6-13,16,18,22-24,31-34,36,40,44-45,53-54H,5,14-15,17,19-21H2,1-4H3,(H,46,57)(H,50,56)(H,59,60)(H2,47,48,61)(H,49,55,62)/b28-23+/t24?,31?,32?,33?,34-,36?,40-/m1/s1. The summed E-state index contributed by atoms with van der Waals surface area (Å²) in [5.41, 5.74) is 0.648. The van der Waals surface area contributed by atoms with Gasteiger partial charge >= 0.3 is 17.7 Å². The summed E-state index contributed by atoms with van der Waals surface area (Å²) < 4.78 is 6.74. The number of phenols is 1. The molecule has 5 amide bonds. The van der Waals surface area contributed by atoms with Gasteiger partial charge in [0.15, 0.2) is 0 Å². The third-order valence-corrected chi connectivity index (χ3v) is 11.4. The van der Waals surface area contributed by atoms with Crippen molar-refractivity contribution in [2.75, 3.05) is 25.6 Å². The molecule has 64 heavy (non-hydrogen) atoms. The van der Waals surface area contributed by atoms with Crippen molar-refractivity contribution < 1.29 is 44.0 Å². The first-order valence-electron chi connectivity index (χ1n) is 20.7. The van der Waals surface area contributed by atoms with Gasteiger partial charge in [0.25, 0.3) is 5.56 Å². The van der Waals surface area contributed by atoms with E-state index in [2.05, 4.69) is 36.6 Å². The Hall–Kier alpha value is -6.58. The SMILES string of the molecule is CCCNC(Cc1cccc(O)c1)C(=O)N(C)C(C)C(NC(=O)C(CCSC)NC(=O)NC(Cc1c[nH]c2ccccc12)C(=O)O)C(=O)N/C=C1\C[C@@H](O)[C@H](n2ccc(=O)[nH]c2=O)O1. The minimum absolute atomic E-state index is 0.0244. The summed E-state index contributed by atoms with van der Waals surface area (Å²) in [6.07, 6.45) is 4.04. The van der Waals surface area contributed by atoms with Crippen molar-refractivity contribution in [2.45, 2.75) is 88.5 Å². The zero-order valence-electron chi connectivity index (χ0n) is 35.8. The third-order valence-electron chi connectivity index (χ3n) is 10.8.